The number of piperidine rings is 1. The maximum atomic E-state index is 13.3. The Balaban J connectivity index is 1.83. The van der Waals surface area contributed by atoms with E-state index in [9.17, 15) is 22.0 Å². The SMILES string of the molecule is Cc1ccc(NC(=O)Cc2ccc(F)c(F)c2)c(S(=O)(=O)N2CCCCC2)c1. The predicted molar refractivity (Wildman–Crippen MR) is 102 cm³/mol. The van der Waals surface area contributed by atoms with E-state index in [4.69, 9.17) is 0 Å². The zero-order valence-corrected chi connectivity index (χ0v) is 16.4. The summed E-state index contributed by atoms with van der Waals surface area (Å²) in [6.07, 6.45) is 2.41. The highest BCUT2D eigenvalue weighted by Crippen LogP contribution is 2.28. The second kappa shape index (κ2) is 8.36. The van der Waals surface area contributed by atoms with Gasteiger partial charge in [-0.1, -0.05) is 18.6 Å². The number of hydrogen-bond donors (Lipinski definition) is 1. The quantitative estimate of drug-likeness (QED) is 0.822. The van der Waals surface area contributed by atoms with Gasteiger partial charge in [-0.05, 0) is 55.2 Å². The Bertz CT molecular complexity index is 987. The summed E-state index contributed by atoms with van der Waals surface area (Å²) in [5.41, 5.74) is 1.24. The molecular weight excluding hydrogens is 386 g/mol. The Morgan fingerprint density at radius 2 is 1.75 bits per heavy atom. The number of aryl methyl sites for hydroxylation is 1. The van der Waals surface area contributed by atoms with Crippen molar-refractivity contribution in [1.82, 2.24) is 4.31 Å². The van der Waals surface area contributed by atoms with Crippen molar-refractivity contribution in [1.29, 1.82) is 0 Å². The van der Waals surface area contributed by atoms with Gasteiger partial charge in [0.1, 0.15) is 4.90 Å². The van der Waals surface area contributed by atoms with Gasteiger partial charge in [0.15, 0.2) is 11.6 Å². The van der Waals surface area contributed by atoms with E-state index in [-0.39, 0.29) is 17.0 Å². The number of anilines is 1. The number of carbonyl (C=O) groups is 1. The van der Waals surface area contributed by atoms with E-state index < -0.39 is 27.6 Å². The summed E-state index contributed by atoms with van der Waals surface area (Å²) in [7, 11) is -3.74. The molecule has 1 saturated heterocycles. The van der Waals surface area contributed by atoms with Gasteiger partial charge in [0, 0.05) is 13.1 Å². The molecule has 1 amide bonds. The minimum absolute atomic E-state index is 0.0491. The minimum Gasteiger partial charge on any atom is -0.325 e. The first kappa shape index (κ1) is 20.4. The molecule has 5 nitrogen and oxygen atoms in total. The van der Waals surface area contributed by atoms with E-state index in [0.29, 0.717) is 18.7 Å². The normalized spacial score (nSPS) is 15.4. The smallest absolute Gasteiger partial charge is 0.245 e. The van der Waals surface area contributed by atoms with Crippen molar-refractivity contribution in [3.63, 3.8) is 0 Å². The van der Waals surface area contributed by atoms with Crippen LogP contribution in [0.2, 0.25) is 0 Å². The highest BCUT2D eigenvalue weighted by molar-refractivity contribution is 7.89. The number of nitrogens with one attached hydrogen (secondary N) is 1. The lowest BCUT2D eigenvalue weighted by molar-refractivity contribution is -0.115. The molecule has 0 spiro atoms. The molecule has 0 aliphatic carbocycles. The minimum atomic E-state index is -3.74. The Kier molecular flexibility index (Phi) is 6.10. The maximum Gasteiger partial charge on any atom is 0.245 e. The van der Waals surface area contributed by atoms with Crippen LogP contribution in [0.25, 0.3) is 0 Å². The number of benzene rings is 2. The standard InChI is InChI=1S/C20H22F2N2O3S/c1-14-5-8-18(19(11-14)28(26,27)24-9-3-2-4-10-24)23-20(25)13-15-6-7-16(21)17(22)12-15/h5-8,11-12H,2-4,9-10,13H2,1H3,(H,23,25). The molecule has 1 fully saturated rings. The van der Waals surface area contributed by atoms with Crippen LogP contribution >= 0.6 is 0 Å². The lowest BCUT2D eigenvalue weighted by Crippen LogP contribution is -2.36. The largest absolute Gasteiger partial charge is 0.325 e. The molecule has 2 aromatic rings. The second-order valence-electron chi connectivity index (χ2n) is 6.94. The molecule has 1 N–H and O–H groups in total. The van der Waals surface area contributed by atoms with Crippen molar-refractivity contribution in [3.8, 4) is 0 Å². The van der Waals surface area contributed by atoms with E-state index in [1.165, 1.54) is 16.4 Å². The first-order valence-corrected chi connectivity index (χ1v) is 10.6. The van der Waals surface area contributed by atoms with E-state index in [1.807, 2.05) is 0 Å². The lowest BCUT2D eigenvalue weighted by Gasteiger charge is -2.27. The molecule has 28 heavy (non-hydrogen) atoms. The summed E-state index contributed by atoms with van der Waals surface area (Å²) in [5.74, 6) is -2.53. The van der Waals surface area contributed by atoms with Crippen LogP contribution in [0.3, 0.4) is 0 Å². The molecule has 8 heteroatoms. The van der Waals surface area contributed by atoms with Gasteiger partial charge in [0.05, 0.1) is 12.1 Å². The Morgan fingerprint density at radius 3 is 2.43 bits per heavy atom. The van der Waals surface area contributed by atoms with Crippen LogP contribution < -0.4 is 5.32 Å². The zero-order valence-electron chi connectivity index (χ0n) is 15.5. The van der Waals surface area contributed by atoms with E-state index in [1.54, 1.807) is 19.1 Å². The van der Waals surface area contributed by atoms with Crippen LogP contribution in [0.5, 0.6) is 0 Å². The number of sulfonamides is 1. The second-order valence-corrected chi connectivity index (χ2v) is 8.84. The molecule has 3 rings (SSSR count). The molecule has 0 bridgehead atoms. The molecule has 0 aromatic heterocycles. The van der Waals surface area contributed by atoms with Gasteiger partial charge in [0.25, 0.3) is 0 Å². The van der Waals surface area contributed by atoms with Gasteiger partial charge in [-0.15, -0.1) is 0 Å². The van der Waals surface area contributed by atoms with E-state index in [0.717, 1.165) is 37.0 Å². The average molecular weight is 408 g/mol. The predicted octanol–water partition coefficient (Wildman–Crippen LogP) is 3.63. The zero-order chi connectivity index (χ0) is 20.3. The van der Waals surface area contributed by atoms with Gasteiger partial charge < -0.3 is 5.32 Å². The number of rotatable bonds is 5. The number of carbonyl (C=O) groups excluding carboxylic acids is 1. The van der Waals surface area contributed by atoms with Crippen LogP contribution in [-0.2, 0) is 21.2 Å². The maximum absolute atomic E-state index is 13.3. The molecular formula is C20H22F2N2O3S. The van der Waals surface area contributed by atoms with E-state index >= 15 is 0 Å². The van der Waals surface area contributed by atoms with Crippen molar-refractivity contribution in [2.75, 3.05) is 18.4 Å². The third-order valence-corrected chi connectivity index (χ3v) is 6.63. The van der Waals surface area contributed by atoms with Crippen LogP contribution in [0, 0.1) is 18.6 Å². The first-order chi connectivity index (χ1) is 13.3. The Hall–Kier alpha value is -2.32. The summed E-state index contributed by atoms with van der Waals surface area (Å²) in [6.45, 7) is 2.69. The van der Waals surface area contributed by atoms with Gasteiger partial charge in [0.2, 0.25) is 15.9 Å². The van der Waals surface area contributed by atoms with Crippen molar-refractivity contribution >= 4 is 21.6 Å². The Morgan fingerprint density at radius 1 is 1.04 bits per heavy atom. The summed E-state index contributed by atoms with van der Waals surface area (Å²) >= 11 is 0. The molecule has 0 atom stereocenters. The van der Waals surface area contributed by atoms with Crippen molar-refractivity contribution in [3.05, 3.63) is 59.2 Å². The monoisotopic (exact) mass is 408 g/mol. The third kappa shape index (κ3) is 4.56. The van der Waals surface area contributed by atoms with Gasteiger partial charge in [-0.25, -0.2) is 17.2 Å². The average Bonchev–Trinajstić information content (AvgIpc) is 2.67. The fraction of sp³-hybridized carbons (Fsp3) is 0.350. The number of nitrogens with zero attached hydrogens (tertiary/aromatic N) is 1. The van der Waals surface area contributed by atoms with Crippen molar-refractivity contribution in [2.24, 2.45) is 0 Å². The highest BCUT2D eigenvalue weighted by Gasteiger charge is 2.28. The van der Waals surface area contributed by atoms with Gasteiger partial charge in [-0.2, -0.15) is 4.31 Å². The number of halogens is 2. The third-order valence-electron chi connectivity index (χ3n) is 4.69. The fourth-order valence-corrected chi connectivity index (χ4v) is 4.97. The van der Waals surface area contributed by atoms with Crippen molar-refractivity contribution < 1.29 is 22.0 Å². The van der Waals surface area contributed by atoms with Crippen molar-refractivity contribution in [2.45, 2.75) is 37.5 Å². The Labute approximate surface area is 163 Å². The molecule has 0 unspecified atom stereocenters. The lowest BCUT2D eigenvalue weighted by atomic mass is 10.1. The van der Waals surface area contributed by atoms with Gasteiger partial charge >= 0.3 is 0 Å². The van der Waals surface area contributed by atoms with Crippen LogP contribution in [0.4, 0.5) is 14.5 Å². The summed E-state index contributed by atoms with van der Waals surface area (Å²) in [6, 6.07) is 8.03. The number of hydrogen-bond acceptors (Lipinski definition) is 3. The highest BCUT2D eigenvalue weighted by atomic mass is 32.2. The molecule has 1 aliphatic rings. The number of amides is 1. The first-order valence-electron chi connectivity index (χ1n) is 9.12. The summed E-state index contributed by atoms with van der Waals surface area (Å²) < 4.78 is 53.9. The molecule has 0 radical (unpaired) electrons. The van der Waals surface area contributed by atoms with Gasteiger partial charge in [-0.3, -0.25) is 4.79 Å². The summed E-state index contributed by atoms with van der Waals surface area (Å²) in [4.78, 5) is 12.4. The molecule has 1 heterocycles. The fourth-order valence-electron chi connectivity index (χ4n) is 3.22. The van der Waals surface area contributed by atoms with E-state index in [2.05, 4.69) is 5.32 Å². The molecule has 150 valence electrons. The molecule has 0 saturated carbocycles. The van der Waals surface area contributed by atoms with Crippen LogP contribution in [0.1, 0.15) is 30.4 Å². The molecule has 1 aliphatic heterocycles. The topological polar surface area (TPSA) is 66.5 Å². The van der Waals surface area contributed by atoms with Crippen LogP contribution in [0.15, 0.2) is 41.3 Å². The molecule has 2 aromatic carbocycles. The van der Waals surface area contributed by atoms with Crippen LogP contribution in [-0.4, -0.2) is 31.7 Å². The summed E-state index contributed by atoms with van der Waals surface area (Å²) in [5, 5.41) is 2.60.